The summed E-state index contributed by atoms with van der Waals surface area (Å²) in [5, 5.41) is 2.78. The van der Waals surface area contributed by atoms with Crippen molar-refractivity contribution in [3.05, 3.63) is 30.3 Å². The Hall–Kier alpha value is -1.00. The Bertz CT molecular complexity index is 360. The quantitative estimate of drug-likeness (QED) is 0.655. The zero-order valence-electron chi connectivity index (χ0n) is 11.2. The van der Waals surface area contributed by atoms with E-state index in [0.29, 0.717) is 19.8 Å². The van der Waals surface area contributed by atoms with Gasteiger partial charge in [-0.05, 0) is 29.3 Å². The first-order valence-electron chi connectivity index (χ1n) is 6.06. The van der Waals surface area contributed by atoms with Gasteiger partial charge in [-0.3, -0.25) is 4.79 Å². The standard InChI is InChI=1S/C14H21NO2S/c1-14(2,3)11-17-10-9-15-13(16)18-12-7-5-4-6-8-12/h4-8H,9-11H2,1-3H3,(H,15,16). The molecule has 0 radical (unpaired) electrons. The maximum absolute atomic E-state index is 11.6. The highest BCUT2D eigenvalue weighted by molar-refractivity contribution is 8.13. The molecule has 1 aromatic carbocycles. The first-order chi connectivity index (χ1) is 8.47. The second kappa shape index (κ2) is 7.44. The number of thioether (sulfide) groups is 1. The fraction of sp³-hybridized carbons (Fsp3) is 0.500. The van der Waals surface area contributed by atoms with Crippen LogP contribution in [0.1, 0.15) is 20.8 Å². The number of hydrogen-bond donors (Lipinski definition) is 1. The monoisotopic (exact) mass is 267 g/mol. The number of ether oxygens (including phenoxy) is 1. The van der Waals surface area contributed by atoms with Crippen molar-refractivity contribution in [1.29, 1.82) is 0 Å². The van der Waals surface area contributed by atoms with Gasteiger partial charge in [-0.2, -0.15) is 0 Å². The summed E-state index contributed by atoms with van der Waals surface area (Å²) in [4.78, 5) is 12.5. The smallest absolute Gasteiger partial charge is 0.283 e. The zero-order chi connectivity index (χ0) is 13.4. The van der Waals surface area contributed by atoms with Crippen molar-refractivity contribution in [2.75, 3.05) is 19.8 Å². The van der Waals surface area contributed by atoms with Gasteiger partial charge in [0.25, 0.3) is 5.24 Å². The van der Waals surface area contributed by atoms with Crippen LogP contribution in [0.4, 0.5) is 4.79 Å². The molecule has 4 heteroatoms. The topological polar surface area (TPSA) is 38.3 Å². The molecule has 1 rings (SSSR count). The van der Waals surface area contributed by atoms with Gasteiger partial charge in [-0.15, -0.1) is 0 Å². The number of hydrogen-bond acceptors (Lipinski definition) is 3. The number of benzene rings is 1. The van der Waals surface area contributed by atoms with Crippen molar-refractivity contribution in [2.24, 2.45) is 5.41 Å². The molecule has 1 amide bonds. The van der Waals surface area contributed by atoms with Crippen LogP contribution >= 0.6 is 11.8 Å². The summed E-state index contributed by atoms with van der Waals surface area (Å²) >= 11 is 1.20. The lowest BCUT2D eigenvalue weighted by Crippen LogP contribution is -2.25. The molecule has 0 aliphatic carbocycles. The summed E-state index contributed by atoms with van der Waals surface area (Å²) in [7, 11) is 0. The summed E-state index contributed by atoms with van der Waals surface area (Å²) < 4.78 is 5.47. The highest BCUT2D eigenvalue weighted by Gasteiger charge is 2.09. The lowest BCUT2D eigenvalue weighted by atomic mass is 9.99. The minimum Gasteiger partial charge on any atom is -0.379 e. The molecule has 1 N–H and O–H groups in total. The molecular weight excluding hydrogens is 246 g/mol. The van der Waals surface area contributed by atoms with E-state index in [9.17, 15) is 4.79 Å². The van der Waals surface area contributed by atoms with Gasteiger partial charge in [-0.1, -0.05) is 39.0 Å². The van der Waals surface area contributed by atoms with E-state index in [2.05, 4.69) is 26.1 Å². The first-order valence-corrected chi connectivity index (χ1v) is 6.87. The largest absolute Gasteiger partial charge is 0.379 e. The van der Waals surface area contributed by atoms with Gasteiger partial charge >= 0.3 is 0 Å². The van der Waals surface area contributed by atoms with Crippen LogP contribution in [0.5, 0.6) is 0 Å². The molecule has 0 spiro atoms. The lowest BCUT2D eigenvalue weighted by Gasteiger charge is -2.17. The summed E-state index contributed by atoms with van der Waals surface area (Å²) in [5.41, 5.74) is 0.169. The lowest BCUT2D eigenvalue weighted by molar-refractivity contribution is 0.0743. The van der Waals surface area contributed by atoms with Crippen LogP contribution in [0.25, 0.3) is 0 Å². The van der Waals surface area contributed by atoms with Crippen LogP contribution in [0.2, 0.25) is 0 Å². The molecule has 0 aliphatic rings. The van der Waals surface area contributed by atoms with Crippen molar-refractivity contribution in [3.63, 3.8) is 0 Å². The second-order valence-electron chi connectivity index (χ2n) is 5.24. The van der Waals surface area contributed by atoms with Crippen LogP contribution in [0.15, 0.2) is 35.2 Å². The van der Waals surface area contributed by atoms with Gasteiger partial charge < -0.3 is 10.1 Å². The van der Waals surface area contributed by atoms with Crippen molar-refractivity contribution in [1.82, 2.24) is 5.32 Å². The molecule has 0 aliphatic heterocycles. The van der Waals surface area contributed by atoms with Gasteiger partial charge in [0.05, 0.1) is 13.2 Å². The van der Waals surface area contributed by atoms with Crippen LogP contribution in [0, 0.1) is 5.41 Å². The third-order valence-electron chi connectivity index (χ3n) is 2.00. The Morgan fingerprint density at radius 2 is 1.94 bits per heavy atom. The Morgan fingerprint density at radius 1 is 1.28 bits per heavy atom. The molecule has 0 heterocycles. The summed E-state index contributed by atoms with van der Waals surface area (Å²) in [5.74, 6) is 0. The molecule has 0 atom stereocenters. The van der Waals surface area contributed by atoms with E-state index >= 15 is 0 Å². The molecular formula is C14H21NO2S. The second-order valence-corrected chi connectivity index (χ2v) is 6.29. The fourth-order valence-corrected chi connectivity index (χ4v) is 1.92. The van der Waals surface area contributed by atoms with E-state index in [-0.39, 0.29) is 10.7 Å². The number of carbonyl (C=O) groups is 1. The highest BCUT2D eigenvalue weighted by Crippen LogP contribution is 2.17. The van der Waals surface area contributed by atoms with E-state index in [0.717, 1.165) is 4.90 Å². The maximum atomic E-state index is 11.6. The van der Waals surface area contributed by atoms with Crippen molar-refractivity contribution >= 4 is 17.0 Å². The Kier molecular flexibility index (Phi) is 6.22. The Labute approximate surface area is 113 Å². The van der Waals surface area contributed by atoms with Crippen LogP contribution in [0.3, 0.4) is 0 Å². The average molecular weight is 267 g/mol. The maximum Gasteiger partial charge on any atom is 0.283 e. The minimum atomic E-state index is -0.0411. The van der Waals surface area contributed by atoms with Crippen LogP contribution in [-0.2, 0) is 4.74 Å². The zero-order valence-corrected chi connectivity index (χ0v) is 12.0. The molecule has 0 aromatic heterocycles. The molecule has 0 saturated carbocycles. The molecule has 0 saturated heterocycles. The summed E-state index contributed by atoms with van der Waals surface area (Å²) in [6, 6.07) is 9.60. The van der Waals surface area contributed by atoms with Gasteiger partial charge in [0.2, 0.25) is 0 Å². The normalized spacial score (nSPS) is 11.3. The predicted molar refractivity (Wildman–Crippen MR) is 76.0 cm³/mol. The van der Waals surface area contributed by atoms with E-state index in [1.807, 2.05) is 30.3 Å². The Balaban J connectivity index is 2.11. The third kappa shape index (κ3) is 7.35. The average Bonchev–Trinajstić information content (AvgIpc) is 2.28. The van der Waals surface area contributed by atoms with Crippen molar-refractivity contribution < 1.29 is 9.53 Å². The molecule has 0 unspecified atom stereocenters. The van der Waals surface area contributed by atoms with E-state index < -0.39 is 0 Å². The van der Waals surface area contributed by atoms with Crippen molar-refractivity contribution in [3.8, 4) is 0 Å². The predicted octanol–water partition coefficient (Wildman–Crippen LogP) is 3.55. The number of carbonyl (C=O) groups excluding carboxylic acids is 1. The summed E-state index contributed by atoms with van der Waals surface area (Å²) in [6.07, 6.45) is 0. The van der Waals surface area contributed by atoms with Gasteiger partial charge in [0, 0.05) is 11.4 Å². The van der Waals surface area contributed by atoms with Crippen LogP contribution < -0.4 is 5.32 Å². The molecule has 18 heavy (non-hydrogen) atoms. The number of rotatable bonds is 5. The Morgan fingerprint density at radius 3 is 2.56 bits per heavy atom. The van der Waals surface area contributed by atoms with Crippen molar-refractivity contribution in [2.45, 2.75) is 25.7 Å². The molecule has 3 nitrogen and oxygen atoms in total. The molecule has 0 fully saturated rings. The van der Waals surface area contributed by atoms with Gasteiger partial charge in [-0.25, -0.2) is 0 Å². The SMILES string of the molecule is CC(C)(C)COCCNC(=O)Sc1ccccc1. The molecule has 100 valence electrons. The fourth-order valence-electron chi connectivity index (χ4n) is 1.24. The van der Waals surface area contributed by atoms with Crippen LogP contribution in [-0.4, -0.2) is 25.0 Å². The van der Waals surface area contributed by atoms with E-state index in [1.54, 1.807) is 0 Å². The number of nitrogens with one attached hydrogen (secondary N) is 1. The van der Waals surface area contributed by atoms with E-state index in [4.69, 9.17) is 4.74 Å². The number of amides is 1. The molecule has 1 aromatic rings. The first kappa shape index (κ1) is 15.1. The molecule has 0 bridgehead atoms. The van der Waals surface area contributed by atoms with Gasteiger partial charge in [0.15, 0.2) is 0 Å². The minimum absolute atomic E-state index is 0.0411. The highest BCUT2D eigenvalue weighted by atomic mass is 32.2. The third-order valence-corrected chi connectivity index (χ3v) is 2.84. The van der Waals surface area contributed by atoms with Gasteiger partial charge in [0.1, 0.15) is 0 Å². The van der Waals surface area contributed by atoms with E-state index in [1.165, 1.54) is 11.8 Å². The summed E-state index contributed by atoms with van der Waals surface area (Å²) in [6.45, 7) is 8.17.